The smallest absolute Gasteiger partial charge is 0.158 e. The van der Waals surface area contributed by atoms with E-state index in [9.17, 15) is 4.79 Å². The zero-order chi connectivity index (χ0) is 15.6. The minimum atomic E-state index is -0.392. The average Bonchev–Trinajstić information content (AvgIpc) is 2.75. The maximum atomic E-state index is 12.9. The first kappa shape index (κ1) is 16.7. The van der Waals surface area contributed by atoms with E-state index in [0.29, 0.717) is 6.42 Å². The summed E-state index contributed by atoms with van der Waals surface area (Å²) in [7, 11) is 0. The van der Waals surface area contributed by atoms with E-state index in [1.54, 1.807) is 0 Å². The molecule has 1 fully saturated rings. The minimum Gasteiger partial charge on any atom is -0.297 e. The van der Waals surface area contributed by atoms with Crippen LogP contribution in [0.25, 0.3) is 0 Å². The van der Waals surface area contributed by atoms with Crippen molar-refractivity contribution in [2.75, 3.05) is 13.1 Å². The van der Waals surface area contributed by atoms with Crippen molar-refractivity contribution < 1.29 is 4.79 Å². The summed E-state index contributed by atoms with van der Waals surface area (Å²) >= 11 is 3.58. The van der Waals surface area contributed by atoms with E-state index in [0.717, 1.165) is 35.5 Å². The number of hydrogen-bond donors (Lipinski definition) is 0. The van der Waals surface area contributed by atoms with Crippen molar-refractivity contribution in [3.05, 3.63) is 15.9 Å². The minimum absolute atomic E-state index is 0.278. The van der Waals surface area contributed by atoms with E-state index >= 15 is 0 Å². The predicted octanol–water partition coefficient (Wildman–Crippen LogP) is 3.35. The summed E-state index contributed by atoms with van der Waals surface area (Å²) in [4.78, 5) is 15.2. The predicted molar refractivity (Wildman–Crippen MR) is 88.6 cm³/mol. The number of nitrogens with zero attached hydrogens (tertiary/aromatic N) is 3. The Hall–Kier alpha value is -0.680. The largest absolute Gasteiger partial charge is 0.297 e. The Morgan fingerprint density at radius 3 is 2.48 bits per heavy atom. The third kappa shape index (κ3) is 3.39. The number of carbonyl (C=O) groups excluding carboxylic acids is 1. The lowest BCUT2D eigenvalue weighted by atomic mass is 9.91. The summed E-state index contributed by atoms with van der Waals surface area (Å²) in [5, 5.41) is 4.48. The first-order valence-electron chi connectivity index (χ1n) is 7.88. The third-order valence-corrected chi connectivity index (χ3v) is 5.64. The molecule has 1 saturated heterocycles. The Kier molecular flexibility index (Phi) is 5.25. The molecule has 0 radical (unpaired) electrons. The Labute approximate surface area is 136 Å². The quantitative estimate of drug-likeness (QED) is 0.812. The van der Waals surface area contributed by atoms with Crippen molar-refractivity contribution >= 4 is 21.7 Å². The fourth-order valence-corrected chi connectivity index (χ4v) is 3.46. The lowest BCUT2D eigenvalue weighted by Crippen LogP contribution is -2.52. The van der Waals surface area contributed by atoms with Gasteiger partial charge in [-0.25, -0.2) is 0 Å². The summed E-state index contributed by atoms with van der Waals surface area (Å²) < 4.78 is 2.91. The Morgan fingerprint density at radius 1 is 1.29 bits per heavy atom. The van der Waals surface area contributed by atoms with Crippen LogP contribution in [0.2, 0.25) is 0 Å². The third-order valence-electron chi connectivity index (χ3n) is 4.61. The molecule has 5 heteroatoms. The Bertz CT molecular complexity index is 516. The van der Waals surface area contributed by atoms with Gasteiger partial charge in [-0.1, -0.05) is 6.42 Å². The zero-order valence-electron chi connectivity index (χ0n) is 13.6. The molecule has 0 spiro atoms. The van der Waals surface area contributed by atoms with Crippen molar-refractivity contribution in [3.8, 4) is 0 Å². The first-order valence-corrected chi connectivity index (χ1v) is 8.67. The molecule has 0 N–H and O–H groups in total. The van der Waals surface area contributed by atoms with E-state index < -0.39 is 5.54 Å². The molecular weight excluding hydrogens is 330 g/mol. The van der Waals surface area contributed by atoms with E-state index in [1.165, 1.54) is 19.3 Å². The second-order valence-corrected chi connectivity index (χ2v) is 7.16. The highest BCUT2D eigenvalue weighted by molar-refractivity contribution is 9.10. The maximum Gasteiger partial charge on any atom is 0.158 e. The van der Waals surface area contributed by atoms with E-state index in [4.69, 9.17) is 0 Å². The van der Waals surface area contributed by atoms with Crippen LogP contribution in [0.4, 0.5) is 0 Å². The van der Waals surface area contributed by atoms with Gasteiger partial charge in [0.2, 0.25) is 0 Å². The first-order chi connectivity index (χ1) is 9.87. The molecule has 1 aliphatic rings. The number of Topliss-reactive ketones (excluding diaryl/α,β-unsaturated/α-hetero) is 1. The van der Waals surface area contributed by atoms with Gasteiger partial charge in [0.05, 0.1) is 27.8 Å². The van der Waals surface area contributed by atoms with Gasteiger partial charge in [0.25, 0.3) is 0 Å². The Morgan fingerprint density at radius 2 is 1.90 bits per heavy atom. The average molecular weight is 356 g/mol. The SMILES string of the molecule is CCn1nc(C)c(Br)c1CC(=O)C(C)(C)N1CCCCC1. The summed E-state index contributed by atoms with van der Waals surface area (Å²) in [6, 6.07) is 0. The number of ketones is 1. The van der Waals surface area contributed by atoms with Crippen molar-refractivity contribution in [3.63, 3.8) is 0 Å². The summed E-state index contributed by atoms with van der Waals surface area (Å²) in [6.45, 7) is 11.0. The van der Waals surface area contributed by atoms with Crippen molar-refractivity contribution in [2.24, 2.45) is 0 Å². The maximum absolute atomic E-state index is 12.9. The molecule has 2 heterocycles. The van der Waals surface area contributed by atoms with Crippen LogP contribution >= 0.6 is 15.9 Å². The van der Waals surface area contributed by atoms with Crippen LogP contribution in [-0.2, 0) is 17.8 Å². The summed E-state index contributed by atoms with van der Waals surface area (Å²) in [5.41, 5.74) is 1.57. The molecule has 0 aliphatic carbocycles. The monoisotopic (exact) mass is 355 g/mol. The molecule has 1 aromatic rings. The molecule has 21 heavy (non-hydrogen) atoms. The van der Waals surface area contributed by atoms with Gasteiger partial charge in [-0.2, -0.15) is 5.10 Å². The summed E-state index contributed by atoms with van der Waals surface area (Å²) in [5.74, 6) is 0.278. The molecule has 0 aromatic carbocycles. The van der Waals surface area contributed by atoms with Crippen molar-refractivity contribution in [1.82, 2.24) is 14.7 Å². The van der Waals surface area contributed by atoms with Crippen LogP contribution in [0.15, 0.2) is 4.47 Å². The Balaban J connectivity index is 2.17. The van der Waals surface area contributed by atoms with E-state index in [-0.39, 0.29) is 5.78 Å². The molecule has 4 nitrogen and oxygen atoms in total. The van der Waals surface area contributed by atoms with Gasteiger partial charge in [-0.3, -0.25) is 14.4 Å². The second-order valence-electron chi connectivity index (χ2n) is 6.37. The molecule has 0 atom stereocenters. The molecular formula is C16H26BrN3O. The van der Waals surface area contributed by atoms with E-state index in [2.05, 4.69) is 46.7 Å². The fourth-order valence-electron chi connectivity index (χ4n) is 3.04. The van der Waals surface area contributed by atoms with Gasteiger partial charge in [0.15, 0.2) is 5.78 Å². The number of rotatable bonds is 5. The van der Waals surface area contributed by atoms with Crippen molar-refractivity contribution in [2.45, 2.75) is 65.5 Å². The molecule has 1 aliphatic heterocycles. The van der Waals surface area contributed by atoms with Crippen molar-refractivity contribution in [1.29, 1.82) is 0 Å². The van der Waals surface area contributed by atoms with Crippen LogP contribution in [-0.4, -0.2) is 39.1 Å². The zero-order valence-corrected chi connectivity index (χ0v) is 15.2. The molecule has 2 rings (SSSR count). The lowest BCUT2D eigenvalue weighted by molar-refractivity contribution is -0.129. The van der Waals surface area contributed by atoms with Crippen LogP contribution in [0, 0.1) is 6.92 Å². The van der Waals surface area contributed by atoms with Crippen LogP contribution in [0.5, 0.6) is 0 Å². The van der Waals surface area contributed by atoms with Gasteiger partial charge < -0.3 is 0 Å². The molecule has 0 unspecified atom stereocenters. The van der Waals surface area contributed by atoms with Crippen LogP contribution in [0.1, 0.15) is 51.4 Å². The van der Waals surface area contributed by atoms with Crippen LogP contribution in [0.3, 0.4) is 0 Å². The number of hydrogen-bond acceptors (Lipinski definition) is 3. The molecule has 0 amide bonds. The number of likely N-dealkylation sites (tertiary alicyclic amines) is 1. The number of aryl methyl sites for hydroxylation is 2. The lowest BCUT2D eigenvalue weighted by Gasteiger charge is -2.39. The van der Waals surface area contributed by atoms with Gasteiger partial charge in [-0.15, -0.1) is 0 Å². The normalized spacial score (nSPS) is 17.2. The number of piperidine rings is 1. The topological polar surface area (TPSA) is 38.1 Å². The molecule has 0 saturated carbocycles. The molecule has 118 valence electrons. The fraction of sp³-hybridized carbons (Fsp3) is 0.750. The molecule has 0 bridgehead atoms. The van der Waals surface area contributed by atoms with Crippen LogP contribution < -0.4 is 0 Å². The highest BCUT2D eigenvalue weighted by atomic mass is 79.9. The highest BCUT2D eigenvalue weighted by Crippen LogP contribution is 2.26. The standard InChI is InChI=1S/C16H26BrN3O/c1-5-20-13(15(17)12(2)18-20)11-14(21)16(3,4)19-9-7-6-8-10-19/h5-11H2,1-4H3. The van der Waals surface area contributed by atoms with E-state index in [1.807, 2.05) is 11.6 Å². The second kappa shape index (κ2) is 6.61. The van der Waals surface area contributed by atoms with Gasteiger partial charge in [0.1, 0.15) is 0 Å². The van der Waals surface area contributed by atoms with Gasteiger partial charge >= 0.3 is 0 Å². The van der Waals surface area contributed by atoms with Gasteiger partial charge in [-0.05, 0) is 69.6 Å². The molecule has 1 aromatic heterocycles. The number of halogens is 1. The highest BCUT2D eigenvalue weighted by Gasteiger charge is 2.35. The van der Waals surface area contributed by atoms with Gasteiger partial charge in [0, 0.05) is 6.54 Å². The number of carbonyl (C=O) groups is 1. The number of aromatic nitrogens is 2. The summed E-state index contributed by atoms with van der Waals surface area (Å²) in [6.07, 6.45) is 4.13.